The van der Waals surface area contributed by atoms with E-state index in [0.717, 1.165) is 16.2 Å². The maximum Gasteiger partial charge on any atom is 0.258 e. The van der Waals surface area contributed by atoms with Gasteiger partial charge in [-0.25, -0.2) is 4.57 Å². The highest BCUT2D eigenvalue weighted by molar-refractivity contribution is 5.92. The van der Waals surface area contributed by atoms with Gasteiger partial charge < -0.3 is 5.11 Å². The fourth-order valence-corrected chi connectivity index (χ4v) is 2.89. The van der Waals surface area contributed by atoms with Gasteiger partial charge in [0.25, 0.3) is 5.56 Å². The minimum atomic E-state index is -0.243. The number of rotatable bonds is 1. The van der Waals surface area contributed by atoms with Crippen LogP contribution in [0.4, 0.5) is 0 Å². The highest BCUT2D eigenvalue weighted by atomic mass is 16.3. The molecule has 1 heterocycles. The number of fused-ring (bicyclic) bond motifs is 2. The number of pyridine rings is 1. The molecule has 3 heteroatoms. The van der Waals surface area contributed by atoms with Crippen LogP contribution in [0.25, 0.3) is 27.2 Å². The highest BCUT2D eigenvalue weighted by Crippen LogP contribution is 2.28. The molecule has 0 aliphatic rings. The molecule has 0 spiro atoms. The van der Waals surface area contributed by atoms with Crippen molar-refractivity contribution in [3.63, 3.8) is 0 Å². The topological polar surface area (TPSA) is 42.2 Å². The Hall–Kier alpha value is -3.07. The van der Waals surface area contributed by atoms with Crippen LogP contribution in [0.1, 0.15) is 0 Å². The molecule has 1 N–H and O–H groups in total. The first-order valence-electron chi connectivity index (χ1n) is 7.07. The molecule has 0 saturated carbocycles. The van der Waals surface area contributed by atoms with Gasteiger partial charge in [0.05, 0.1) is 5.69 Å². The molecule has 0 fully saturated rings. The maximum absolute atomic E-state index is 12.5. The van der Waals surface area contributed by atoms with Crippen LogP contribution in [0.3, 0.4) is 0 Å². The summed E-state index contributed by atoms with van der Waals surface area (Å²) in [6.45, 7) is 0. The second kappa shape index (κ2) is 4.74. The van der Waals surface area contributed by atoms with Gasteiger partial charge in [-0.3, -0.25) is 4.79 Å². The fourth-order valence-electron chi connectivity index (χ4n) is 2.89. The second-order valence-electron chi connectivity index (χ2n) is 5.23. The van der Waals surface area contributed by atoms with E-state index < -0.39 is 0 Å². The van der Waals surface area contributed by atoms with E-state index >= 15 is 0 Å². The molecule has 0 unspecified atom stereocenters. The minimum Gasteiger partial charge on any atom is -0.494 e. The van der Waals surface area contributed by atoms with E-state index in [1.807, 2.05) is 66.7 Å². The van der Waals surface area contributed by atoms with E-state index in [2.05, 4.69) is 0 Å². The monoisotopic (exact) mass is 287 g/mol. The molecule has 0 atom stereocenters. The lowest BCUT2D eigenvalue weighted by atomic mass is 10.1. The Balaban J connectivity index is 2.15. The van der Waals surface area contributed by atoms with Crippen LogP contribution >= 0.6 is 0 Å². The molecule has 22 heavy (non-hydrogen) atoms. The summed E-state index contributed by atoms with van der Waals surface area (Å²) >= 11 is 0. The molecule has 3 nitrogen and oxygen atoms in total. The van der Waals surface area contributed by atoms with E-state index in [9.17, 15) is 9.90 Å². The third-order valence-corrected chi connectivity index (χ3v) is 3.92. The normalized spacial score (nSPS) is 11.1. The van der Waals surface area contributed by atoms with E-state index in [-0.39, 0.29) is 11.4 Å². The van der Waals surface area contributed by atoms with Gasteiger partial charge in [-0.05, 0) is 22.9 Å². The van der Waals surface area contributed by atoms with Gasteiger partial charge in [0.2, 0.25) is 5.88 Å². The standard InChI is InChI=1S/C19H13NO2/c21-18-12-14-7-2-4-10-16(14)19(22)20(18)17-11-5-8-13-6-1-3-9-15(13)17/h1-12,22H. The van der Waals surface area contributed by atoms with Gasteiger partial charge >= 0.3 is 0 Å². The smallest absolute Gasteiger partial charge is 0.258 e. The fraction of sp³-hybridized carbons (Fsp3) is 0. The largest absolute Gasteiger partial charge is 0.494 e. The van der Waals surface area contributed by atoms with Gasteiger partial charge in [-0.1, -0.05) is 54.6 Å². The van der Waals surface area contributed by atoms with Gasteiger partial charge in [0.15, 0.2) is 0 Å². The van der Waals surface area contributed by atoms with E-state index in [0.29, 0.717) is 11.1 Å². The van der Waals surface area contributed by atoms with Crippen molar-refractivity contribution in [2.24, 2.45) is 0 Å². The summed E-state index contributed by atoms with van der Waals surface area (Å²) in [5.74, 6) is -0.0283. The number of aromatic nitrogens is 1. The first kappa shape index (κ1) is 12.7. The number of benzene rings is 3. The van der Waals surface area contributed by atoms with Crippen LogP contribution < -0.4 is 5.56 Å². The molecule has 106 valence electrons. The molecule has 0 bridgehead atoms. The minimum absolute atomic E-state index is 0.0283. The quantitative estimate of drug-likeness (QED) is 0.578. The Bertz CT molecular complexity index is 1060. The van der Waals surface area contributed by atoms with Crippen LogP contribution in [0.15, 0.2) is 77.6 Å². The lowest BCUT2D eigenvalue weighted by molar-refractivity contribution is 0.443. The molecule has 0 aliphatic carbocycles. The number of hydrogen-bond acceptors (Lipinski definition) is 2. The zero-order valence-corrected chi connectivity index (χ0v) is 11.7. The van der Waals surface area contributed by atoms with E-state index in [1.54, 1.807) is 6.07 Å². The van der Waals surface area contributed by atoms with Crippen molar-refractivity contribution in [1.82, 2.24) is 4.57 Å². The lowest BCUT2D eigenvalue weighted by Crippen LogP contribution is -2.17. The Labute approximate surface area is 126 Å². The zero-order chi connectivity index (χ0) is 15.1. The van der Waals surface area contributed by atoms with E-state index in [4.69, 9.17) is 0 Å². The second-order valence-corrected chi connectivity index (χ2v) is 5.23. The van der Waals surface area contributed by atoms with Gasteiger partial charge in [0, 0.05) is 16.8 Å². The average molecular weight is 287 g/mol. The highest BCUT2D eigenvalue weighted by Gasteiger charge is 2.12. The van der Waals surface area contributed by atoms with Gasteiger partial charge in [-0.2, -0.15) is 0 Å². The van der Waals surface area contributed by atoms with Crippen molar-refractivity contribution in [2.75, 3.05) is 0 Å². The van der Waals surface area contributed by atoms with Crippen LogP contribution in [0.5, 0.6) is 5.88 Å². The first-order valence-corrected chi connectivity index (χ1v) is 7.07. The summed E-state index contributed by atoms with van der Waals surface area (Å²) in [7, 11) is 0. The van der Waals surface area contributed by atoms with Crippen LogP contribution in [0.2, 0.25) is 0 Å². The molecule has 3 aromatic carbocycles. The van der Waals surface area contributed by atoms with Crippen molar-refractivity contribution in [1.29, 1.82) is 0 Å². The summed E-state index contributed by atoms with van der Waals surface area (Å²) in [6.07, 6.45) is 0. The van der Waals surface area contributed by atoms with Crippen molar-refractivity contribution in [3.05, 3.63) is 83.2 Å². The summed E-state index contributed by atoms with van der Waals surface area (Å²) < 4.78 is 1.37. The van der Waals surface area contributed by atoms with Crippen LogP contribution in [0, 0.1) is 0 Å². The Morgan fingerprint density at radius 3 is 2.18 bits per heavy atom. The molecule has 4 rings (SSSR count). The van der Waals surface area contributed by atoms with Crippen molar-refractivity contribution in [3.8, 4) is 11.6 Å². The van der Waals surface area contributed by atoms with Crippen molar-refractivity contribution < 1.29 is 5.11 Å². The Morgan fingerprint density at radius 2 is 1.36 bits per heavy atom. The average Bonchev–Trinajstić information content (AvgIpc) is 2.55. The predicted molar refractivity (Wildman–Crippen MR) is 88.7 cm³/mol. The number of nitrogens with zero attached hydrogens (tertiary/aromatic N) is 1. The molecular formula is C19H13NO2. The molecule has 0 saturated heterocycles. The summed E-state index contributed by atoms with van der Waals surface area (Å²) in [5.41, 5.74) is 0.443. The number of aromatic hydroxyl groups is 1. The van der Waals surface area contributed by atoms with E-state index in [1.165, 1.54) is 4.57 Å². The molecule has 0 radical (unpaired) electrons. The molecule has 0 amide bonds. The first-order chi connectivity index (χ1) is 10.8. The molecular weight excluding hydrogens is 274 g/mol. The third-order valence-electron chi connectivity index (χ3n) is 3.92. The van der Waals surface area contributed by atoms with Crippen LogP contribution in [-0.4, -0.2) is 9.67 Å². The van der Waals surface area contributed by atoms with Gasteiger partial charge in [0.1, 0.15) is 0 Å². The molecule has 1 aromatic heterocycles. The molecule has 4 aromatic rings. The Kier molecular flexibility index (Phi) is 2.73. The van der Waals surface area contributed by atoms with Crippen molar-refractivity contribution >= 4 is 21.5 Å². The summed E-state index contributed by atoms with van der Waals surface area (Å²) in [4.78, 5) is 12.5. The maximum atomic E-state index is 12.5. The third kappa shape index (κ3) is 1.79. The SMILES string of the molecule is O=c1cc2ccccc2c(O)n1-c1cccc2ccccc12. The zero-order valence-electron chi connectivity index (χ0n) is 11.7. The summed E-state index contributed by atoms with van der Waals surface area (Å²) in [6, 6.07) is 22.4. The summed E-state index contributed by atoms with van der Waals surface area (Å²) in [5, 5.41) is 14.0. The van der Waals surface area contributed by atoms with Crippen molar-refractivity contribution in [2.45, 2.75) is 0 Å². The Morgan fingerprint density at radius 1 is 0.727 bits per heavy atom. The predicted octanol–water partition coefficient (Wildman–Crippen LogP) is 3.85. The lowest BCUT2D eigenvalue weighted by Gasteiger charge is -2.13. The number of hydrogen-bond donors (Lipinski definition) is 1. The molecule has 0 aliphatic heterocycles. The van der Waals surface area contributed by atoms with Crippen LogP contribution in [-0.2, 0) is 0 Å². The van der Waals surface area contributed by atoms with Gasteiger partial charge in [-0.15, -0.1) is 0 Å².